The summed E-state index contributed by atoms with van der Waals surface area (Å²) in [5.74, 6) is -0.553. The molecule has 0 saturated heterocycles. The molecule has 1 saturated carbocycles. The van der Waals surface area contributed by atoms with Crippen molar-refractivity contribution < 1.29 is 23.9 Å². The van der Waals surface area contributed by atoms with Gasteiger partial charge >= 0.3 is 0 Å². The molecule has 0 heterocycles. The molecule has 3 rings (SSSR count). The highest BCUT2D eigenvalue weighted by atomic mass is 16.5. The molecule has 0 radical (unpaired) electrons. The Morgan fingerprint density at radius 2 is 1.61 bits per heavy atom. The average molecular weight is 449 g/mol. The van der Waals surface area contributed by atoms with Crippen molar-refractivity contribution in [3.8, 4) is 11.5 Å². The van der Waals surface area contributed by atoms with Crippen molar-refractivity contribution in [3.63, 3.8) is 0 Å². The quantitative estimate of drug-likeness (QED) is 0.196. The number of Topliss-reactive ketones (excluding diaryl/α,β-unsaturated/α-hetero) is 2. The third-order valence-corrected chi connectivity index (χ3v) is 4.97. The molecular formula is C23H23N5O5. The minimum Gasteiger partial charge on any atom is -0.457 e. The van der Waals surface area contributed by atoms with E-state index >= 15 is 0 Å². The predicted octanol–water partition coefficient (Wildman–Crippen LogP) is 3.79. The van der Waals surface area contributed by atoms with E-state index in [0.717, 1.165) is 0 Å². The van der Waals surface area contributed by atoms with Crippen LogP contribution in [0, 0.1) is 5.92 Å². The van der Waals surface area contributed by atoms with Gasteiger partial charge in [0.2, 0.25) is 5.91 Å². The highest BCUT2D eigenvalue weighted by molar-refractivity contribution is 6.07. The van der Waals surface area contributed by atoms with Gasteiger partial charge in [0.05, 0.1) is 12.3 Å². The molecular weight excluding hydrogens is 426 g/mol. The third-order valence-electron chi connectivity index (χ3n) is 4.97. The van der Waals surface area contributed by atoms with Crippen molar-refractivity contribution >= 4 is 29.1 Å². The summed E-state index contributed by atoms with van der Waals surface area (Å²) >= 11 is 0. The number of hydrogen-bond acceptors (Lipinski definition) is 6. The first-order valence-electron chi connectivity index (χ1n) is 10.5. The van der Waals surface area contributed by atoms with E-state index < -0.39 is 5.92 Å². The van der Waals surface area contributed by atoms with Gasteiger partial charge in [0.1, 0.15) is 23.1 Å². The molecule has 0 bridgehead atoms. The molecule has 0 spiro atoms. The van der Waals surface area contributed by atoms with E-state index in [-0.39, 0.29) is 42.6 Å². The van der Waals surface area contributed by atoms with Crippen LogP contribution >= 0.6 is 0 Å². The molecule has 2 amide bonds. The van der Waals surface area contributed by atoms with Gasteiger partial charge in [-0.2, -0.15) is 0 Å². The largest absolute Gasteiger partial charge is 0.457 e. The summed E-state index contributed by atoms with van der Waals surface area (Å²) in [7, 11) is 0. The van der Waals surface area contributed by atoms with Gasteiger partial charge in [-0.05, 0) is 60.5 Å². The highest BCUT2D eigenvalue weighted by Gasteiger charge is 2.30. The monoisotopic (exact) mass is 449 g/mol. The number of ketones is 2. The Morgan fingerprint density at radius 3 is 2.21 bits per heavy atom. The number of benzene rings is 2. The van der Waals surface area contributed by atoms with Gasteiger partial charge < -0.3 is 15.4 Å². The fourth-order valence-corrected chi connectivity index (χ4v) is 3.33. The van der Waals surface area contributed by atoms with Crippen molar-refractivity contribution in [2.45, 2.75) is 25.7 Å². The Morgan fingerprint density at radius 1 is 1.00 bits per heavy atom. The highest BCUT2D eigenvalue weighted by Crippen LogP contribution is 2.25. The van der Waals surface area contributed by atoms with Crippen LogP contribution in [-0.2, 0) is 14.4 Å². The Bertz CT molecular complexity index is 1060. The molecule has 2 aromatic carbocycles. The molecule has 0 aliphatic heterocycles. The summed E-state index contributed by atoms with van der Waals surface area (Å²) in [6.45, 7) is 0.734. The number of ether oxygens (including phenoxy) is 1. The van der Waals surface area contributed by atoms with Crippen LogP contribution < -0.4 is 15.4 Å². The van der Waals surface area contributed by atoms with Crippen LogP contribution in [0.2, 0.25) is 0 Å². The molecule has 170 valence electrons. The number of azide groups is 1. The minimum absolute atomic E-state index is 0.0830. The molecule has 0 aromatic heterocycles. The second-order valence-corrected chi connectivity index (χ2v) is 7.56. The van der Waals surface area contributed by atoms with Crippen molar-refractivity contribution in [1.29, 1.82) is 0 Å². The maximum atomic E-state index is 12.3. The van der Waals surface area contributed by atoms with Gasteiger partial charge in [0.25, 0.3) is 5.91 Å². The molecule has 0 unspecified atom stereocenters. The van der Waals surface area contributed by atoms with Crippen LogP contribution in [-0.4, -0.2) is 36.5 Å². The predicted molar refractivity (Wildman–Crippen MR) is 120 cm³/mol. The molecule has 10 heteroatoms. The zero-order chi connectivity index (χ0) is 23.6. The van der Waals surface area contributed by atoms with Gasteiger partial charge in [0.15, 0.2) is 0 Å². The smallest absolute Gasteiger partial charge is 0.251 e. The molecule has 33 heavy (non-hydrogen) atoms. The van der Waals surface area contributed by atoms with Crippen LogP contribution in [0.4, 0.5) is 5.69 Å². The number of anilines is 1. The molecule has 0 atom stereocenters. The first kappa shape index (κ1) is 23.5. The summed E-state index contributed by atoms with van der Waals surface area (Å²) in [4.78, 5) is 50.2. The lowest BCUT2D eigenvalue weighted by atomic mass is 9.87. The van der Waals surface area contributed by atoms with Crippen molar-refractivity contribution in [3.05, 3.63) is 64.5 Å². The summed E-state index contributed by atoms with van der Waals surface area (Å²) in [6, 6.07) is 13.3. The fraction of sp³-hybridized carbons (Fsp3) is 0.304. The molecule has 1 aliphatic rings. The van der Waals surface area contributed by atoms with Crippen molar-refractivity contribution in [2.75, 3.05) is 18.4 Å². The number of hydrogen-bond donors (Lipinski definition) is 2. The number of carbonyl (C=O) groups is 4. The molecule has 10 nitrogen and oxygen atoms in total. The summed E-state index contributed by atoms with van der Waals surface area (Å²) in [5, 5.41) is 8.87. The van der Waals surface area contributed by atoms with Gasteiger partial charge in [-0.1, -0.05) is 5.11 Å². The lowest BCUT2D eigenvalue weighted by molar-refractivity contribution is -0.136. The Hall–Kier alpha value is -4.17. The molecule has 2 aromatic rings. The maximum absolute atomic E-state index is 12.3. The topological polar surface area (TPSA) is 150 Å². The average Bonchev–Trinajstić information content (AvgIpc) is 2.80. The van der Waals surface area contributed by atoms with Gasteiger partial charge in [-0.25, -0.2) is 0 Å². The fourth-order valence-electron chi connectivity index (χ4n) is 3.33. The van der Waals surface area contributed by atoms with E-state index in [4.69, 9.17) is 10.3 Å². The number of carbonyl (C=O) groups excluding carboxylic acids is 4. The van der Waals surface area contributed by atoms with Gasteiger partial charge in [-0.15, -0.1) is 0 Å². The van der Waals surface area contributed by atoms with Crippen LogP contribution in [0.15, 0.2) is 53.6 Å². The van der Waals surface area contributed by atoms with E-state index in [1.54, 1.807) is 48.5 Å². The Kier molecular flexibility index (Phi) is 8.15. The number of amides is 2. The number of nitrogens with one attached hydrogen (secondary N) is 2. The van der Waals surface area contributed by atoms with E-state index in [0.29, 0.717) is 42.3 Å². The minimum atomic E-state index is -0.628. The van der Waals surface area contributed by atoms with Crippen molar-refractivity contribution in [2.24, 2.45) is 11.0 Å². The van der Waals surface area contributed by atoms with Crippen LogP contribution in [0.25, 0.3) is 10.4 Å². The summed E-state index contributed by atoms with van der Waals surface area (Å²) < 4.78 is 5.76. The number of nitrogens with zero attached hydrogens (tertiary/aromatic N) is 3. The Labute approximate surface area is 189 Å². The van der Waals surface area contributed by atoms with E-state index in [9.17, 15) is 19.2 Å². The Balaban J connectivity index is 1.49. The molecule has 1 fully saturated rings. The third kappa shape index (κ3) is 7.19. The van der Waals surface area contributed by atoms with E-state index in [1.807, 2.05) is 0 Å². The van der Waals surface area contributed by atoms with E-state index in [1.165, 1.54) is 0 Å². The SMILES string of the molecule is [N-]=[N+]=NCCCNC(=O)c1ccc(Oc2ccc(NC(=O)C3CC(=O)CC(=O)C3)cc2)cc1. The first-order valence-corrected chi connectivity index (χ1v) is 10.5. The van der Waals surface area contributed by atoms with Gasteiger partial charge in [-0.3, -0.25) is 19.2 Å². The van der Waals surface area contributed by atoms with Gasteiger partial charge in [0, 0.05) is 42.1 Å². The van der Waals surface area contributed by atoms with Crippen LogP contribution in [0.3, 0.4) is 0 Å². The summed E-state index contributed by atoms with van der Waals surface area (Å²) in [6.07, 6.45) is 0.649. The standard InChI is InChI=1S/C23H23N5O5/c24-28-26-11-1-10-25-22(31)15-2-6-20(7-3-15)33-21-8-4-17(5-9-21)27-23(32)16-12-18(29)14-19(30)13-16/h2-9,16H,1,10-14H2,(H,25,31)(H,27,32). The van der Waals surface area contributed by atoms with Crippen LogP contribution in [0.1, 0.15) is 36.0 Å². The normalized spacial score (nSPS) is 13.7. The summed E-state index contributed by atoms with van der Waals surface area (Å²) in [5.41, 5.74) is 9.23. The van der Waals surface area contributed by atoms with Crippen molar-refractivity contribution in [1.82, 2.24) is 5.32 Å². The lowest BCUT2D eigenvalue weighted by Gasteiger charge is -2.19. The number of rotatable bonds is 9. The molecule has 2 N–H and O–H groups in total. The second-order valence-electron chi connectivity index (χ2n) is 7.56. The zero-order valence-electron chi connectivity index (χ0n) is 17.8. The second kappa shape index (κ2) is 11.4. The first-order chi connectivity index (χ1) is 15.9. The molecule has 1 aliphatic carbocycles. The maximum Gasteiger partial charge on any atom is 0.251 e. The van der Waals surface area contributed by atoms with E-state index in [2.05, 4.69) is 20.7 Å². The van der Waals surface area contributed by atoms with Crippen LogP contribution in [0.5, 0.6) is 11.5 Å². The zero-order valence-corrected chi connectivity index (χ0v) is 17.8. The lowest BCUT2D eigenvalue weighted by Crippen LogP contribution is -2.32.